The molecule has 0 heterocycles. The number of carboxylic acid groups (broad SMARTS) is 1. The van der Waals surface area contributed by atoms with Crippen LogP contribution in [0, 0.1) is 0 Å². The van der Waals surface area contributed by atoms with Gasteiger partial charge in [0.05, 0.1) is 40.3 Å². The normalized spacial score (nSPS) is 13.5. The van der Waals surface area contributed by atoms with Gasteiger partial charge in [-0.1, -0.05) is 170 Å². The first-order valence-electron chi connectivity index (χ1n) is 24.5. The van der Waals surface area contributed by atoms with Gasteiger partial charge in [-0.25, -0.2) is 0 Å². The molecule has 61 heavy (non-hydrogen) atoms. The van der Waals surface area contributed by atoms with Crippen LogP contribution >= 0.6 is 0 Å². The van der Waals surface area contributed by atoms with Gasteiger partial charge < -0.3 is 28.6 Å². The fourth-order valence-electron chi connectivity index (χ4n) is 6.86. The molecule has 8 heteroatoms. The van der Waals surface area contributed by atoms with Crippen LogP contribution in [0.2, 0.25) is 0 Å². The second-order valence-corrected chi connectivity index (χ2v) is 17.3. The van der Waals surface area contributed by atoms with Gasteiger partial charge in [0.25, 0.3) is 0 Å². The highest BCUT2D eigenvalue weighted by atomic mass is 16.6. The van der Waals surface area contributed by atoms with Crippen LogP contribution in [0.25, 0.3) is 0 Å². The lowest BCUT2D eigenvalue weighted by atomic mass is 10.0. The van der Waals surface area contributed by atoms with Crippen LogP contribution in [0.15, 0.2) is 72.9 Å². The van der Waals surface area contributed by atoms with Gasteiger partial charge in [0.15, 0.2) is 6.10 Å². The van der Waals surface area contributed by atoms with Crippen LogP contribution < -0.4 is 5.11 Å². The van der Waals surface area contributed by atoms with Crippen LogP contribution in [0.5, 0.6) is 0 Å². The smallest absolute Gasteiger partial charge is 0.306 e. The second-order valence-electron chi connectivity index (χ2n) is 17.3. The van der Waals surface area contributed by atoms with Crippen LogP contribution in [-0.2, 0) is 28.6 Å². The lowest BCUT2D eigenvalue weighted by Crippen LogP contribution is -2.55. The van der Waals surface area contributed by atoms with Crippen molar-refractivity contribution in [1.29, 1.82) is 0 Å². The maximum Gasteiger partial charge on any atom is 0.306 e. The van der Waals surface area contributed by atoms with Crippen molar-refractivity contribution in [3.05, 3.63) is 72.9 Å². The molecule has 0 saturated carbocycles. The first-order valence-corrected chi connectivity index (χ1v) is 24.5. The minimum Gasteiger partial charge on any atom is -0.544 e. The van der Waals surface area contributed by atoms with E-state index in [0.29, 0.717) is 12.8 Å². The number of carbonyl (C=O) groups excluding carboxylic acids is 3. The number of hydrogen-bond donors (Lipinski definition) is 0. The van der Waals surface area contributed by atoms with E-state index in [9.17, 15) is 19.5 Å². The number of unbranched alkanes of at least 4 members (excludes halogenated alkanes) is 17. The minimum absolute atomic E-state index is 0.0289. The second kappa shape index (κ2) is 43.4. The van der Waals surface area contributed by atoms with Gasteiger partial charge in [-0.3, -0.25) is 9.59 Å². The lowest BCUT2D eigenvalue weighted by molar-refractivity contribution is -0.889. The topological polar surface area (TPSA) is 102 Å². The van der Waals surface area contributed by atoms with Gasteiger partial charge in [-0.2, -0.15) is 0 Å². The number of allylic oxidation sites excluding steroid dienone is 12. The zero-order valence-electron chi connectivity index (χ0n) is 39.8. The van der Waals surface area contributed by atoms with Crippen molar-refractivity contribution in [3.8, 4) is 0 Å². The Morgan fingerprint density at radius 2 is 0.869 bits per heavy atom. The van der Waals surface area contributed by atoms with Crippen LogP contribution in [-0.4, -0.2) is 75.5 Å². The fourth-order valence-corrected chi connectivity index (χ4v) is 6.86. The Labute approximate surface area is 374 Å². The van der Waals surface area contributed by atoms with E-state index in [2.05, 4.69) is 86.8 Å². The Kier molecular flexibility index (Phi) is 41.1. The third-order valence-corrected chi connectivity index (χ3v) is 10.6. The summed E-state index contributed by atoms with van der Waals surface area (Å²) < 4.78 is 17.2. The molecule has 0 radical (unpaired) electrons. The molecule has 350 valence electrons. The SMILES string of the molecule is CC/C=C/C/C=C/C/C=C/CCCCCCCCCCCCCCCC(=O)OCC(COCCC(C(=O)[O-])[N+](C)(C)C)OC(=O)CCCCCC/C=C/C/C=C/C/C=C/CC. The fraction of sp³-hybridized carbons (Fsp3) is 0.717. The average Bonchev–Trinajstić information content (AvgIpc) is 3.22. The van der Waals surface area contributed by atoms with E-state index in [-0.39, 0.29) is 42.7 Å². The molecule has 0 rings (SSSR count). The molecule has 0 spiro atoms. The van der Waals surface area contributed by atoms with E-state index >= 15 is 0 Å². The maximum absolute atomic E-state index is 12.7. The van der Waals surface area contributed by atoms with Gasteiger partial charge in [0, 0.05) is 19.3 Å². The van der Waals surface area contributed by atoms with Gasteiger partial charge in [0.1, 0.15) is 12.6 Å². The summed E-state index contributed by atoms with van der Waals surface area (Å²) in [5.74, 6) is -1.77. The standard InChI is InChI=1S/C53H91NO7/c1-6-8-10-12-14-16-18-20-22-23-24-25-26-27-28-29-30-32-33-35-37-39-41-43-51(55)60-48-49(47-59-46-45-50(53(57)58)54(3,4)5)61-52(56)44-42-40-38-36-34-31-21-19-17-15-13-11-9-7-2/h8-11,14-17,20-22,31,49-50H,6-7,12-13,18-19,23-30,32-48H2,1-5H3/b10-8+,11-9+,16-14+,17-15+,22-20+,31-21+. The molecule has 0 aromatic rings. The van der Waals surface area contributed by atoms with E-state index in [1.165, 1.54) is 70.6 Å². The quantitative estimate of drug-likeness (QED) is 0.0260. The van der Waals surface area contributed by atoms with Crippen molar-refractivity contribution >= 4 is 17.9 Å². The molecular formula is C53H91NO7. The molecule has 0 aromatic heterocycles. The summed E-state index contributed by atoms with van der Waals surface area (Å²) in [6.45, 7) is 4.42. The zero-order chi connectivity index (χ0) is 44.9. The van der Waals surface area contributed by atoms with Gasteiger partial charge >= 0.3 is 11.9 Å². The highest BCUT2D eigenvalue weighted by molar-refractivity contribution is 5.70. The number of quaternary nitrogens is 1. The highest BCUT2D eigenvalue weighted by Crippen LogP contribution is 2.15. The summed E-state index contributed by atoms with van der Waals surface area (Å²) >= 11 is 0. The third-order valence-electron chi connectivity index (χ3n) is 10.6. The molecular weight excluding hydrogens is 763 g/mol. The first-order chi connectivity index (χ1) is 29.6. The van der Waals surface area contributed by atoms with Gasteiger partial charge in [0.2, 0.25) is 0 Å². The van der Waals surface area contributed by atoms with Crippen molar-refractivity contribution in [2.75, 3.05) is 41.0 Å². The molecule has 0 bridgehead atoms. The van der Waals surface area contributed by atoms with E-state index in [1.807, 2.05) is 0 Å². The van der Waals surface area contributed by atoms with Crippen LogP contribution in [0.3, 0.4) is 0 Å². The zero-order valence-corrected chi connectivity index (χ0v) is 39.8. The van der Waals surface area contributed by atoms with Crippen molar-refractivity contribution in [2.24, 2.45) is 0 Å². The number of carboxylic acids is 1. The molecule has 0 aliphatic rings. The number of ether oxygens (including phenoxy) is 3. The van der Waals surface area contributed by atoms with Gasteiger partial charge in [-0.15, -0.1) is 0 Å². The number of likely N-dealkylation sites (N-methyl/N-ethyl adjacent to an activating group) is 1. The van der Waals surface area contributed by atoms with Crippen molar-refractivity contribution in [3.63, 3.8) is 0 Å². The highest BCUT2D eigenvalue weighted by Gasteiger charge is 2.25. The van der Waals surface area contributed by atoms with E-state index in [1.54, 1.807) is 21.1 Å². The molecule has 0 N–H and O–H groups in total. The van der Waals surface area contributed by atoms with Crippen LogP contribution in [0.4, 0.5) is 0 Å². The summed E-state index contributed by atoms with van der Waals surface area (Å²) in [4.78, 5) is 37.0. The largest absolute Gasteiger partial charge is 0.544 e. The number of esters is 2. The Morgan fingerprint density at radius 3 is 1.28 bits per heavy atom. The van der Waals surface area contributed by atoms with E-state index < -0.39 is 18.1 Å². The molecule has 0 amide bonds. The Morgan fingerprint density at radius 1 is 0.492 bits per heavy atom. The molecule has 2 unspecified atom stereocenters. The first kappa shape index (κ1) is 57.8. The third kappa shape index (κ3) is 41.9. The summed E-state index contributed by atoms with van der Waals surface area (Å²) in [5.41, 5.74) is 0. The monoisotopic (exact) mass is 854 g/mol. The average molecular weight is 854 g/mol. The summed E-state index contributed by atoms with van der Waals surface area (Å²) in [6.07, 6.45) is 55.1. The Hall–Kier alpha value is -3.23. The van der Waals surface area contributed by atoms with Crippen molar-refractivity contribution < 1.29 is 38.2 Å². The summed E-state index contributed by atoms with van der Waals surface area (Å²) in [6, 6.07) is -0.733. The molecule has 0 fully saturated rings. The number of rotatable bonds is 43. The van der Waals surface area contributed by atoms with Crippen LogP contribution in [0.1, 0.15) is 194 Å². The molecule has 0 aliphatic heterocycles. The predicted octanol–water partition coefficient (Wildman–Crippen LogP) is 12.6. The Balaban J connectivity index is 4.23. The molecule has 8 nitrogen and oxygen atoms in total. The number of carbonyl (C=O) groups is 3. The van der Waals surface area contributed by atoms with Crippen molar-refractivity contribution in [2.45, 2.75) is 206 Å². The minimum atomic E-state index is -1.13. The molecule has 0 aliphatic carbocycles. The van der Waals surface area contributed by atoms with Gasteiger partial charge in [-0.05, 0) is 77.0 Å². The summed E-state index contributed by atoms with van der Waals surface area (Å²) in [5, 5.41) is 11.6. The van der Waals surface area contributed by atoms with E-state index in [0.717, 1.165) is 89.9 Å². The van der Waals surface area contributed by atoms with Crippen molar-refractivity contribution in [1.82, 2.24) is 0 Å². The Bertz CT molecular complexity index is 1230. The molecule has 0 aromatic carbocycles. The maximum atomic E-state index is 12.7. The number of hydrogen-bond acceptors (Lipinski definition) is 7. The van der Waals surface area contributed by atoms with E-state index in [4.69, 9.17) is 14.2 Å². The number of nitrogens with zero attached hydrogens (tertiary/aromatic N) is 1. The predicted molar refractivity (Wildman–Crippen MR) is 254 cm³/mol. The number of aliphatic carboxylic acids is 1. The lowest BCUT2D eigenvalue weighted by Gasteiger charge is -2.34. The summed E-state index contributed by atoms with van der Waals surface area (Å²) in [7, 11) is 5.40. The molecule has 0 saturated heterocycles. The molecule has 2 atom stereocenters.